The number of nitrogens with zero attached hydrogens (tertiary/aromatic N) is 1. The Kier molecular flexibility index (Phi) is 6.40. The van der Waals surface area contributed by atoms with Crippen molar-refractivity contribution in [2.24, 2.45) is 0 Å². The standard InChI is InChI=1S/C17H12ClF3N2O4/c18-12-7-5-11(9-14(12)23(25)26)6-8-16(24)22-13-3-1-2-4-15(13)27-10-17(19,20)21/h1-9H,10H2,(H,22,24)/b8-6+. The number of alkyl halides is 3. The first kappa shape index (κ1) is 20.2. The van der Waals surface area contributed by atoms with E-state index in [1.54, 1.807) is 0 Å². The number of nitro groups is 1. The first-order valence-corrected chi connectivity index (χ1v) is 7.75. The Morgan fingerprint density at radius 1 is 1.26 bits per heavy atom. The fourth-order valence-corrected chi connectivity index (χ4v) is 2.16. The van der Waals surface area contributed by atoms with E-state index in [0.717, 1.165) is 6.08 Å². The number of nitrogens with one attached hydrogen (secondary N) is 1. The van der Waals surface area contributed by atoms with Crippen molar-refractivity contribution in [1.82, 2.24) is 0 Å². The predicted molar refractivity (Wildman–Crippen MR) is 93.8 cm³/mol. The van der Waals surface area contributed by atoms with Gasteiger partial charge in [0.2, 0.25) is 5.91 Å². The molecule has 0 atom stereocenters. The van der Waals surface area contributed by atoms with Crippen LogP contribution in [0.3, 0.4) is 0 Å². The highest BCUT2D eigenvalue weighted by atomic mass is 35.5. The van der Waals surface area contributed by atoms with Crippen LogP contribution in [0.15, 0.2) is 48.5 Å². The van der Waals surface area contributed by atoms with Crippen LogP contribution < -0.4 is 10.1 Å². The topological polar surface area (TPSA) is 81.5 Å². The second kappa shape index (κ2) is 8.54. The molecule has 0 bridgehead atoms. The molecule has 2 aromatic rings. The van der Waals surface area contributed by atoms with E-state index in [1.165, 1.54) is 48.5 Å². The summed E-state index contributed by atoms with van der Waals surface area (Å²) in [5.74, 6) is -0.797. The molecule has 27 heavy (non-hydrogen) atoms. The molecule has 0 saturated carbocycles. The van der Waals surface area contributed by atoms with Gasteiger partial charge in [0.05, 0.1) is 10.6 Å². The van der Waals surface area contributed by atoms with Crippen molar-refractivity contribution >= 4 is 35.0 Å². The van der Waals surface area contributed by atoms with E-state index in [0.29, 0.717) is 5.56 Å². The predicted octanol–water partition coefficient (Wildman–Crippen LogP) is 4.84. The number of amides is 1. The van der Waals surface area contributed by atoms with Crippen LogP contribution in [0.5, 0.6) is 5.75 Å². The number of carbonyl (C=O) groups excluding carboxylic acids is 1. The van der Waals surface area contributed by atoms with Crippen molar-refractivity contribution in [2.75, 3.05) is 11.9 Å². The van der Waals surface area contributed by atoms with Gasteiger partial charge >= 0.3 is 6.18 Å². The Morgan fingerprint density at radius 3 is 2.63 bits per heavy atom. The van der Waals surface area contributed by atoms with Gasteiger partial charge in [0.15, 0.2) is 6.61 Å². The number of hydrogen-bond acceptors (Lipinski definition) is 4. The summed E-state index contributed by atoms with van der Waals surface area (Å²) in [6.45, 7) is -1.50. The van der Waals surface area contributed by atoms with Gasteiger partial charge in [-0.15, -0.1) is 0 Å². The van der Waals surface area contributed by atoms with Gasteiger partial charge in [-0.3, -0.25) is 14.9 Å². The maximum Gasteiger partial charge on any atom is 0.422 e. The van der Waals surface area contributed by atoms with Crippen LogP contribution in [0.1, 0.15) is 5.56 Å². The Hall–Kier alpha value is -3.07. The van der Waals surface area contributed by atoms with Crippen molar-refractivity contribution in [3.63, 3.8) is 0 Å². The molecular formula is C17H12ClF3N2O4. The summed E-state index contributed by atoms with van der Waals surface area (Å²) < 4.78 is 41.5. The summed E-state index contributed by atoms with van der Waals surface area (Å²) in [4.78, 5) is 22.2. The fourth-order valence-electron chi connectivity index (χ4n) is 1.97. The molecular weight excluding hydrogens is 389 g/mol. The second-order valence-corrected chi connectivity index (χ2v) is 5.60. The molecule has 0 aromatic heterocycles. The number of hydrogen-bond donors (Lipinski definition) is 1. The highest BCUT2D eigenvalue weighted by molar-refractivity contribution is 6.32. The highest BCUT2D eigenvalue weighted by Gasteiger charge is 2.28. The van der Waals surface area contributed by atoms with Crippen molar-refractivity contribution in [3.8, 4) is 5.75 Å². The third-order valence-corrected chi connectivity index (χ3v) is 3.45. The largest absolute Gasteiger partial charge is 0.482 e. The summed E-state index contributed by atoms with van der Waals surface area (Å²) in [6, 6.07) is 9.62. The lowest BCUT2D eigenvalue weighted by molar-refractivity contribution is -0.384. The number of carbonyl (C=O) groups is 1. The molecule has 0 aliphatic carbocycles. The van der Waals surface area contributed by atoms with Crippen LogP contribution in [-0.4, -0.2) is 23.6 Å². The minimum atomic E-state index is -4.51. The lowest BCUT2D eigenvalue weighted by atomic mass is 10.2. The normalized spacial score (nSPS) is 11.4. The van der Waals surface area contributed by atoms with E-state index in [9.17, 15) is 28.1 Å². The molecule has 0 aliphatic rings. The number of ether oxygens (including phenoxy) is 1. The minimum absolute atomic E-state index is 0.0441. The van der Waals surface area contributed by atoms with Crippen molar-refractivity contribution < 1.29 is 27.6 Å². The summed E-state index contributed by atoms with van der Waals surface area (Å²) in [7, 11) is 0. The fraction of sp³-hybridized carbons (Fsp3) is 0.118. The Morgan fingerprint density at radius 2 is 1.96 bits per heavy atom. The van der Waals surface area contributed by atoms with Gasteiger partial charge in [-0.05, 0) is 29.8 Å². The number of nitro benzene ring substituents is 1. The van der Waals surface area contributed by atoms with Gasteiger partial charge in [0.1, 0.15) is 10.8 Å². The number of para-hydroxylation sites is 2. The summed E-state index contributed by atoms with van der Waals surface area (Å²) >= 11 is 5.70. The van der Waals surface area contributed by atoms with Gasteiger partial charge in [0.25, 0.3) is 5.69 Å². The molecule has 0 fully saturated rings. The maximum absolute atomic E-state index is 12.3. The van der Waals surface area contributed by atoms with Crippen LogP contribution in [0, 0.1) is 10.1 Å². The molecule has 1 amide bonds. The Bertz CT molecular complexity index is 885. The molecule has 0 unspecified atom stereocenters. The molecule has 6 nitrogen and oxygen atoms in total. The summed E-state index contributed by atoms with van der Waals surface area (Å²) in [6.07, 6.45) is -2.13. The summed E-state index contributed by atoms with van der Waals surface area (Å²) in [5.41, 5.74) is 0.0893. The molecule has 1 N–H and O–H groups in total. The first-order valence-electron chi connectivity index (χ1n) is 7.37. The molecule has 10 heteroatoms. The van der Waals surface area contributed by atoms with E-state index < -0.39 is 23.6 Å². The van der Waals surface area contributed by atoms with Gasteiger partial charge in [0, 0.05) is 12.1 Å². The average Bonchev–Trinajstić information content (AvgIpc) is 2.59. The Labute approximate surface area is 156 Å². The zero-order valence-corrected chi connectivity index (χ0v) is 14.3. The quantitative estimate of drug-likeness (QED) is 0.427. The number of anilines is 1. The van der Waals surface area contributed by atoms with Crippen LogP contribution in [-0.2, 0) is 4.79 Å². The average molecular weight is 401 g/mol. The molecule has 0 heterocycles. The second-order valence-electron chi connectivity index (χ2n) is 5.19. The van der Waals surface area contributed by atoms with Crippen molar-refractivity contribution in [1.29, 1.82) is 0 Å². The molecule has 2 aromatic carbocycles. The van der Waals surface area contributed by atoms with Crippen LogP contribution in [0.2, 0.25) is 5.02 Å². The third kappa shape index (κ3) is 6.30. The van der Waals surface area contributed by atoms with Crippen LogP contribution in [0.25, 0.3) is 6.08 Å². The highest BCUT2D eigenvalue weighted by Crippen LogP contribution is 2.27. The van der Waals surface area contributed by atoms with Gasteiger partial charge in [-0.25, -0.2) is 0 Å². The molecule has 0 saturated heterocycles. The van der Waals surface area contributed by atoms with Crippen molar-refractivity contribution in [2.45, 2.75) is 6.18 Å². The maximum atomic E-state index is 12.3. The van der Waals surface area contributed by atoms with Crippen LogP contribution in [0.4, 0.5) is 24.5 Å². The number of halogens is 4. The van der Waals surface area contributed by atoms with Gasteiger partial charge < -0.3 is 10.1 Å². The van der Waals surface area contributed by atoms with E-state index in [1.807, 2.05) is 0 Å². The van der Waals surface area contributed by atoms with E-state index in [4.69, 9.17) is 11.6 Å². The lowest BCUT2D eigenvalue weighted by Crippen LogP contribution is -2.20. The van der Waals surface area contributed by atoms with E-state index in [-0.39, 0.29) is 22.1 Å². The smallest absolute Gasteiger partial charge is 0.422 e. The molecule has 2 rings (SSSR count). The number of benzene rings is 2. The van der Waals surface area contributed by atoms with Gasteiger partial charge in [-0.1, -0.05) is 29.8 Å². The monoisotopic (exact) mass is 400 g/mol. The summed E-state index contributed by atoms with van der Waals surface area (Å²) in [5, 5.41) is 13.2. The Balaban J connectivity index is 2.09. The van der Waals surface area contributed by atoms with Gasteiger partial charge in [-0.2, -0.15) is 13.2 Å². The minimum Gasteiger partial charge on any atom is -0.482 e. The molecule has 0 radical (unpaired) electrons. The zero-order valence-electron chi connectivity index (χ0n) is 13.5. The molecule has 0 spiro atoms. The van der Waals surface area contributed by atoms with Crippen LogP contribution >= 0.6 is 11.6 Å². The molecule has 142 valence electrons. The first-order chi connectivity index (χ1) is 12.7. The van der Waals surface area contributed by atoms with Crippen molar-refractivity contribution in [3.05, 3.63) is 69.2 Å². The van der Waals surface area contributed by atoms with E-state index >= 15 is 0 Å². The molecule has 0 aliphatic heterocycles. The van der Waals surface area contributed by atoms with E-state index in [2.05, 4.69) is 10.1 Å². The third-order valence-electron chi connectivity index (χ3n) is 3.13. The lowest BCUT2D eigenvalue weighted by Gasteiger charge is -2.13. The number of rotatable bonds is 6. The SMILES string of the molecule is O=C(/C=C/c1ccc(Cl)c([N+](=O)[O-])c1)Nc1ccccc1OCC(F)(F)F. The zero-order chi connectivity index (χ0) is 20.0.